The topological polar surface area (TPSA) is 43.1 Å². The van der Waals surface area contributed by atoms with Crippen LogP contribution in [0, 0.1) is 5.92 Å². The molecule has 0 aliphatic carbocycles. The highest BCUT2D eigenvalue weighted by Crippen LogP contribution is 1.84. The number of rotatable bonds is 1. The van der Waals surface area contributed by atoms with E-state index in [1.54, 1.807) is 19.6 Å². The maximum absolute atomic E-state index is 10.2. The highest BCUT2D eigenvalue weighted by Gasteiger charge is 1.96. The van der Waals surface area contributed by atoms with Crippen molar-refractivity contribution in [3.63, 3.8) is 0 Å². The first-order valence-electron chi connectivity index (χ1n) is 2.40. The summed E-state index contributed by atoms with van der Waals surface area (Å²) in [5.41, 5.74) is 1.78. The molecule has 2 N–H and O–H groups in total. The van der Waals surface area contributed by atoms with Gasteiger partial charge in [0.15, 0.2) is 1.41 Å². The van der Waals surface area contributed by atoms with Gasteiger partial charge in [0.25, 0.3) is 0 Å². The Morgan fingerprint density at radius 3 is 2.50 bits per heavy atom. The molecule has 0 saturated carbocycles. The molecule has 0 fully saturated rings. The molecule has 0 radical (unpaired) electrons. The maximum atomic E-state index is 10.2. The average molecular weight is 88.1 g/mol. The van der Waals surface area contributed by atoms with E-state index in [2.05, 4.69) is 0 Å². The monoisotopic (exact) mass is 88.1 g/mol. The molecular formula is C4H9NO. The predicted molar refractivity (Wildman–Crippen MR) is 24.0 cm³/mol. The third-order valence-corrected chi connectivity index (χ3v) is 0.524. The van der Waals surface area contributed by atoms with Gasteiger partial charge in [-0.15, -0.1) is 0 Å². The van der Waals surface area contributed by atoms with E-state index < -0.39 is 0 Å². The normalized spacial score (nSPS) is 10.8. The summed E-state index contributed by atoms with van der Waals surface area (Å²) in [6.07, 6.45) is 0. The minimum Gasteiger partial charge on any atom is -0.369 e. The van der Waals surface area contributed by atoms with Crippen LogP contribution in [0.3, 0.4) is 0 Å². The number of hydrogen-bond donors (Lipinski definition) is 1. The number of carbonyl (C=O) groups is 1. The van der Waals surface area contributed by atoms with Crippen LogP contribution in [0.4, 0.5) is 0 Å². The second kappa shape index (κ2) is 1.80. The molecule has 0 bridgehead atoms. The highest BCUT2D eigenvalue weighted by atomic mass is 16.1. The second-order valence-corrected chi connectivity index (χ2v) is 1.52. The summed E-state index contributed by atoms with van der Waals surface area (Å²) in [7, 11) is 0. The van der Waals surface area contributed by atoms with Gasteiger partial charge in [0.1, 0.15) is 0 Å². The fourth-order valence-electron chi connectivity index (χ4n) is 0. The maximum Gasteiger partial charge on any atom is 0.219 e. The SMILES string of the molecule is [2H]NC(=O)C(C)C. The number of carbonyl (C=O) groups excluding carboxylic acids is 1. The van der Waals surface area contributed by atoms with Gasteiger partial charge >= 0.3 is 0 Å². The Labute approximate surface area is 38.8 Å². The van der Waals surface area contributed by atoms with Crippen molar-refractivity contribution in [2.24, 2.45) is 11.6 Å². The molecule has 0 saturated heterocycles. The third-order valence-electron chi connectivity index (χ3n) is 0.524. The first-order valence-corrected chi connectivity index (χ1v) is 1.90. The van der Waals surface area contributed by atoms with Crippen LogP contribution in [0.1, 0.15) is 13.8 Å². The van der Waals surface area contributed by atoms with Crippen molar-refractivity contribution in [3.8, 4) is 0 Å². The molecule has 0 spiro atoms. The van der Waals surface area contributed by atoms with Gasteiger partial charge in [0, 0.05) is 5.92 Å². The molecule has 1 amide bonds. The molecule has 2 heteroatoms. The minimum absolute atomic E-state index is 0.0718. The number of amides is 1. The van der Waals surface area contributed by atoms with Gasteiger partial charge in [-0.2, -0.15) is 0 Å². The van der Waals surface area contributed by atoms with Crippen LogP contribution in [0.25, 0.3) is 0 Å². The summed E-state index contributed by atoms with van der Waals surface area (Å²) in [5.74, 6) is -0.308. The molecule has 6 heavy (non-hydrogen) atoms. The lowest BCUT2D eigenvalue weighted by molar-refractivity contribution is -0.120. The van der Waals surface area contributed by atoms with Crippen LogP contribution in [0.5, 0.6) is 0 Å². The van der Waals surface area contributed by atoms with Crippen molar-refractivity contribution in [1.29, 1.82) is 0 Å². The minimum atomic E-state index is -0.236. The van der Waals surface area contributed by atoms with Gasteiger partial charge in [-0.05, 0) is 0 Å². The van der Waals surface area contributed by atoms with Crippen molar-refractivity contribution in [2.45, 2.75) is 13.8 Å². The quantitative estimate of drug-likeness (QED) is 0.486. The number of nitrogens with two attached hydrogens (primary N) is 1. The lowest BCUT2D eigenvalue weighted by atomic mass is 10.2. The summed E-state index contributed by atoms with van der Waals surface area (Å²) >= 11 is 0. The molecule has 2 nitrogen and oxygen atoms in total. The summed E-state index contributed by atoms with van der Waals surface area (Å²) in [4.78, 5) is 10.2. The molecule has 36 valence electrons. The molecular weight excluding hydrogens is 78.0 g/mol. The zero-order valence-electron chi connectivity index (χ0n) is 4.99. The zero-order chi connectivity index (χ0) is 5.86. The van der Waals surface area contributed by atoms with E-state index in [1.165, 1.54) is 0 Å². The van der Waals surface area contributed by atoms with E-state index >= 15 is 0 Å². The van der Waals surface area contributed by atoms with Gasteiger partial charge in [-0.1, -0.05) is 13.8 Å². The lowest BCUT2D eigenvalue weighted by Crippen LogP contribution is -2.17. The van der Waals surface area contributed by atoms with Crippen molar-refractivity contribution < 1.29 is 6.21 Å². The first kappa shape index (κ1) is 3.65. The second-order valence-electron chi connectivity index (χ2n) is 1.52. The van der Waals surface area contributed by atoms with Crippen LogP contribution >= 0.6 is 0 Å². The summed E-state index contributed by atoms with van der Waals surface area (Å²) in [5, 5.41) is 0. The third kappa shape index (κ3) is 1.76. The molecule has 0 aromatic heterocycles. The van der Waals surface area contributed by atoms with E-state index in [-0.39, 0.29) is 11.8 Å². The molecule has 0 unspecified atom stereocenters. The van der Waals surface area contributed by atoms with E-state index in [0.29, 0.717) is 0 Å². The Bertz CT molecular complexity index is 72.1. The van der Waals surface area contributed by atoms with Crippen LogP contribution in [-0.4, -0.2) is 5.91 Å². The fraction of sp³-hybridized carbons (Fsp3) is 0.750. The van der Waals surface area contributed by atoms with Gasteiger partial charge < -0.3 is 5.73 Å². The molecule has 0 aromatic carbocycles. The Balaban J connectivity index is 3.35. The van der Waals surface area contributed by atoms with Crippen molar-refractivity contribution in [1.82, 2.24) is 0 Å². The Hall–Kier alpha value is -0.530. The molecule has 0 aliphatic heterocycles. The van der Waals surface area contributed by atoms with Crippen LogP contribution in [-0.2, 0) is 4.79 Å². The number of hydrogen-bond acceptors (Lipinski definition) is 1. The van der Waals surface area contributed by atoms with Gasteiger partial charge in [-0.3, -0.25) is 4.79 Å². The van der Waals surface area contributed by atoms with Gasteiger partial charge in [0.2, 0.25) is 5.91 Å². The van der Waals surface area contributed by atoms with Crippen LogP contribution < -0.4 is 5.73 Å². The van der Waals surface area contributed by atoms with E-state index in [9.17, 15) is 4.79 Å². The molecule has 0 rings (SSSR count). The van der Waals surface area contributed by atoms with Crippen molar-refractivity contribution >= 4 is 5.91 Å². The lowest BCUT2D eigenvalue weighted by Gasteiger charge is -1.90. The number of primary amides is 1. The Morgan fingerprint density at radius 1 is 2.00 bits per heavy atom. The largest absolute Gasteiger partial charge is 0.369 e. The van der Waals surface area contributed by atoms with Crippen LogP contribution in [0.2, 0.25) is 1.41 Å². The van der Waals surface area contributed by atoms with Gasteiger partial charge in [0.05, 0.1) is 0 Å². The Kier molecular flexibility index (Phi) is 1.10. The summed E-state index contributed by atoms with van der Waals surface area (Å²) < 4.78 is 6.34. The molecule has 0 aromatic rings. The molecule has 0 heterocycles. The first-order chi connectivity index (χ1) is 3.18. The average Bonchev–Trinajstić information content (AvgIpc) is 1.65. The van der Waals surface area contributed by atoms with E-state index in [1.807, 2.05) is 0 Å². The Morgan fingerprint density at radius 2 is 2.50 bits per heavy atom. The van der Waals surface area contributed by atoms with Crippen molar-refractivity contribution in [3.05, 3.63) is 0 Å². The van der Waals surface area contributed by atoms with Crippen LogP contribution in [0.15, 0.2) is 0 Å². The standard InChI is InChI=1S/C4H9NO/c1-3(2)4(5)6/h3H,1-2H3,(H2,5,6)/i/hD. The van der Waals surface area contributed by atoms with Crippen molar-refractivity contribution in [2.75, 3.05) is 0 Å². The smallest absolute Gasteiger partial charge is 0.219 e. The van der Waals surface area contributed by atoms with Gasteiger partial charge in [-0.25, -0.2) is 0 Å². The predicted octanol–water partition coefficient (Wildman–Crippen LogP) is 0.128. The zero-order valence-corrected chi connectivity index (χ0v) is 3.99. The summed E-state index contributed by atoms with van der Waals surface area (Å²) in [6, 6.07) is 0. The molecule has 0 atom stereocenters. The highest BCUT2D eigenvalue weighted by molar-refractivity contribution is 5.75. The van der Waals surface area contributed by atoms with E-state index in [0.717, 1.165) is 0 Å². The fourth-order valence-corrected chi connectivity index (χ4v) is 0. The molecule has 0 aliphatic rings. The summed E-state index contributed by atoms with van der Waals surface area (Å²) in [6.45, 7) is 3.48. The van der Waals surface area contributed by atoms with E-state index in [4.69, 9.17) is 1.41 Å².